The van der Waals surface area contributed by atoms with E-state index in [2.05, 4.69) is 38.4 Å². The van der Waals surface area contributed by atoms with E-state index in [9.17, 15) is 19.2 Å². The molecule has 43 heavy (non-hydrogen) atoms. The summed E-state index contributed by atoms with van der Waals surface area (Å²) in [4.78, 5) is 55.0. The van der Waals surface area contributed by atoms with E-state index in [1.54, 1.807) is 21.7 Å². The van der Waals surface area contributed by atoms with Crippen LogP contribution >= 0.6 is 0 Å². The van der Waals surface area contributed by atoms with E-state index < -0.39 is 11.9 Å². The largest absolute Gasteiger partial charge is 0.369 e. The second kappa shape index (κ2) is 10.7. The molecule has 0 aliphatic carbocycles. The number of carbonyl (C=O) groups excluding carboxylic acids is 4. The summed E-state index contributed by atoms with van der Waals surface area (Å²) in [6.07, 6.45) is 2.51. The molecule has 0 saturated carbocycles. The Hall–Kier alpha value is -5.03. The maximum Gasteiger partial charge on any atom is 0.255 e. The van der Waals surface area contributed by atoms with Crippen LogP contribution in [0.2, 0.25) is 0 Å². The summed E-state index contributed by atoms with van der Waals surface area (Å²) in [6.45, 7) is 4.76. The summed E-state index contributed by atoms with van der Waals surface area (Å²) in [7, 11) is 0. The molecule has 3 aliphatic heterocycles. The molecule has 0 radical (unpaired) electrons. The minimum absolute atomic E-state index is 0.146. The summed E-state index contributed by atoms with van der Waals surface area (Å²) < 4.78 is 1.77. The zero-order valence-corrected chi connectivity index (χ0v) is 23.5. The number of hydrogen-bond donors (Lipinski definition) is 2. The number of amides is 4. The highest BCUT2D eigenvalue weighted by Gasteiger charge is 2.39. The number of imide groups is 1. The van der Waals surface area contributed by atoms with Gasteiger partial charge in [-0.15, -0.1) is 0 Å². The third-order valence-corrected chi connectivity index (χ3v) is 8.65. The van der Waals surface area contributed by atoms with Crippen molar-refractivity contribution < 1.29 is 19.2 Å². The molecule has 2 fully saturated rings. The fraction of sp³-hybridized carbons (Fsp3) is 0.281. The second-order valence-corrected chi connectivity index (χ2v) is 11.4. The van der Waals surface area contributed by atoms with E-state index in [0.29, 0.717) is 29.6 Å². The lowest BCUT2D eigenvalue weighted by Gasteiger charge is -2.36. The molecular formula is C32H31N7O4. The summed E-state index contributed by atoms with van der Waals surface area (Å²) in [5, 5.41) is 7.81. The van der Waals surface area contributed by atoms with Gasteiger partial charge in [-0.25, -0.2) is 4.68 Å². The quantitative estimate of drug-likeness (QED) is 0.336. The molecule has 1 aromatic heterocycles. The molecule has 0 bridgehead atoms. The standard InChI is InChI=1S/C32H31N7O4/c33-30(41)26-3-1-2-21-19-39(35-29(21)26)24-7-5-23(6-8-24)37-14-12-36(13-15-37)17-20-4-9-25-22(16-20)18-38(32(25)43)27-10-11-28(40)34-31(27)42/h1-9,16,19,27H,10-15,17-18H2,(H2,33,41)(H,34,40,42). The van der Waals surface area contributed by atoms with Crippen molar-refractivity contribution in [3.05, 3.63) is 89.1 Å². The minimum Gasteiger partial charge on any atom is -0.369 e. The van der Waals surface area contributed by atoms with Crippen LogP contribution in [-0.4, -0.2) is 75.4 Å². The van der Waals surface area contributed by atoms with E-state index in [1.165, 1.54) is 0 Å². The predicted octanol–water partition coefficient (Wildman–Crippen LogP) is 2.21. The third kappa shape index (κ3) is 5.01. The van der Waals surface area contributed by atoms with Gasteiger partial charge in [-0.2, -0.15) is 5.10 Å². The van der Waals surface area contributed by atoms with Gasteiger partial charge in [-0.05, 0) is 53.9 Å². The van der Waals surface area contributed by atoms with Crippen LogP contribution in [0.25, 0.3) is 16.6 Å². The highest BCUT2D eigenvalue weighted by molar-refractivity contribution is 6.06. The van der Waals surface area contributed by atoms with Gasteiger partial charge in [0, 0.05) is 68.5 Å². The number of primary amides is 1. The second-order valence-electron chi connectivity index (χ2n) is 11.4. The minimum atomic E-state index is -0.600. The monoisotopic (exact) mass is 577 g/mol. The molecule has 4 heterocycles. The van der Waals surface area contributed by atoms with Crippen molar-refractivity contribution in [2.24, 2.45) is 5.73 Å². The van der Waals surface area contributed by atoms with Gasteiger partial charge in [0.2, 0.25) is 11.8 Å². The molecule has 11 nitrogen and oxygen atoms in total. The average molecular weight is 578 g/mol. The van der Waals surface area contributed by atoms with Gasteiger partial charge in [0.25, 0.3) is 11.8 Å². The number of hydrogen-bond acceptors (Lipinski definition) is 7. The number of nitrogens with two attached hydrogens (primary N) is 1. The Morgan fingerprint density at radius 1 is 0.953 bits per heavy atom. The zero-order valence-electron chi connectivity index (χ0n) is 23.5. The highest BCUT2D eigenvalue weighted by atomic mass is 16.2. The van der Waals surface area contributed by atoms with Gasteiger partial charge in [-0.1, -0.05) is 24.3 Å². The molecule has 0 spiro atoms. The molecule has 4 aromatic rings. The van der Waals surface area contributed by atoms with E-state index in [4.69, 9.17) is 5.73 Å². The third-order valence-electron chi connectivity index (χ3n) is 8.65. The fourth-order valence-electron chi connectivity index (χ4n) is 6.34. The Morgan fingerprint density at radius 2 is 1.72 bits per heavy atom. The van der Waals surface area contributed by atoms with E-state index in [0.717, 1.165) is 60.6 Å². The SMILES string of the molecule is NC(=O)c1cccc2cn(-c3ccc(N4CCN(Cc5ccc6c(c5)CN(C5CCC(=O)NC5=O)C6=O)CC4)cc3)nc12. The molecule has 7 rings (SSSR count). The molecule has 11 heteroatoms. The van der Waals surface area contributed by atoms with Crippen molar-refractivity contribution in [2.75, 3.05) is 31.1 Å². The van der Waals surface area contributed by atoms with Crippen LogP contribution in [0.3, 0.4) is 0 Å². The normalized spacial score (nSPS) is 19.2. The summed E-state index contributed by atoms with van der Waals surface area (Å²) in [6, 6.07) is 19.0. The first-order valence-electron chi connectivity index (χ1n) is 14.5. The number of carbonyl (C=O) groups is 4. The van der Waals surface area contributed by atoms with Crippen LogP contribution < -0.4 is 16.0 Å². The van der Waals surface area contributed by atoms with Crippen molar-refractivity contribution in [3.8, 4) is 5.69 Å². The Kier molecular flexibility index (Phi) is 6.66. The first kappa shape index (κ1) is 26.8. The highest BCUT2D eigenvalue weighted by Crippen LogP contribution is 2.29. The molecule has 3 aliphatic rings. The molecule has 218 valence electrons. The summed E-state index contributed by atoms with van der Waals surface area (Å²) in [5.41, 5.74) is 11.3. The number of anilines is 1. The lowest BCUT2D eigenvalue weighted by Crippen LogP contribution is -2.52. The molecule has 1 unspecified atom stereocenters. The lowest BCUT2D eigenvalue weighted by atomic mass is 10.0. The number of fused-ring (bicyclic) bond motifs is 2. The smallest absolute Gasteiger partial charge is 0.255 e. The van der Waals surface area contributed by atoms with Gasteiger partial charge >= 0.3 is 0 Å². The molecule has 1 atom stereocenters. The van der Waals surface area contributed by atoms with Crippen molar-refractivity contribution >= 4 is 40.2 Å². The molecule has 4 amide bonds. The Labute approximate surface area is 247 Å². The number of rotatable bonds is 6. The van der Waals surface area contributed by atoms with Crippen molar-refractivity contribution in [1.29, 1.82) is 0 Å². The maximum atomic E-state index is 13.0. The number of piperazine rings is 1. The first-order chi connectivity index (χ1) is 20.8. The Balaban J connectivity index is 0.966. The van der Waals surface area contributed by atoms with Crippen LogP contribution in [0.15, 0.2) is 66.9 Å². The van der Waals surface area contributed by atoms with Gasteiger partial charge < -0.3 is 15.5 Å². The summed E-state index contributed by atoms with van der Waals surface area (Å²) >= 11 is 0. The number of nitrogens with one attached hydrogen (secondary N) is 1. The molecule has 3 N–H and O–H groups in total. The van der Waals surface area contributed by atoms with Crippen LogP contribution in [-0.2, 0) is 22.7 Å². The number of aromatic nitrogens is 2. The number of nitrogens with zero attached hydrogens (tertiary/aromatic N) is 5. The van der Waals surface area contributed by atoms with Crippen molar-refractivity contribution in [3.63, 3.8) is 0 Å². The van der Waals surface area contributed by atoms with Crippen molar-refractivity contribution in [1.82, 2.24) is 24.9 Å². The molecular weight excluding hydrogens is 546 g/mol. The van der Waals surface area contributed by atoms with Gasteiger partial charge in [0.1, 0.15) is 11.6 Å². The summed E-state index contributed by atoms with van der Waals surface area (Å²) in [5.74, 6) is -1.31. The first-order valence-corrected chi connectivity index (χ1v) is 14.5. The van der Waals surface area contributed by atoms with Crippen LogP contribution in [0.4, 0.5) is 5.69 Å². The van der Waals surface area contributed by atoms with Gasteiger partial charge in [-0.3, -0.25) is 29.4 Å². The molecule has 2 saturated heterocycles. The van der Waals surface area contributed by atoms with Crippen LogP contribution in [0.1, 0.15) is 44.7 Å². The van der Waals surface area contributed by atoms with E-state index in [-0.39, 0.29) is 24.1 Å². The Bertz CT molecular complexity index is 1770. The molecule has 3 aromatic carbocycles. The topological polar surface area (TPSA) is 134 Å². The predicted molar refractivity (Wildman–Crippen MR) is 160 cm³/mol. The van der Waals surface area contributed by atoms with Gasteiger partial charge in [0.05, 0.1) is 11.3 Å². The number of benzene rings is 3. The average Bonchev–Trinajstić information content (AvgIpc) is 3.58. The zero-order chi connectivity index (χ0) is 29.7. The van der Waals surface area contributed by atoms with E-state index >= 15 is 0 Å². The van der Waals surface area contributed by atoms with Crippen molar-refractivity contribution in [2.45, 2.75) is 32.0 Å². The number of piperidine rings is 1. The van der Waals surface area contributed by atoms with E-state index in [1.807, 2.05) is 36.5 Å². The maximum absolute atomic E-state index is 13.0. The van der Waals surface area contributed by atoms with Crippen LogP contribution in [0, 0.1) is 0 Å². The van der Waals surface area contributed by atoms with Gasteiger partial charge in [0.15, 0.2) is 0 Å². The van der Waals surface area contributed by atoms with Crippen LogP contribution in [0.5, 0.6) is 0 Å². The Morgan fingerprint density at radius 3 is 2.47 bits per heavy atom. The lowest BCUT2D eigenvalue weighted by molar-refractivity contribution is -0.136. The fourth-order valence-corrected chi connectivity index (χ4v) is 6.34.